The highest BCUT2D eigenvalue weighted by atomic mass is 16.5. The Morgan fingerprint density at radius 2 is 2.06 bits per heavy atom. The fraction of sp³-hybridized carbons (Fsp3) is 0.385. The van der Waals surface area contributed by atoms with Crippen LogP contribution in [-0.4, -0.2) is 26.2 Å². The maximum Gasteiger partial charge on any atom is 0.238 e. The van der Waals surface area contributed by atoms with E-state index in [9.17, 15) is 4.79 Å². The fourth-order valence-electron chi connectivity index (χ4n) is 1.30. The summed E-state index contributed by atoms with van der Waals surface area (Å²) in [5.74, 6) is 0.427. The minimum atomic E-state index is -0.314. The summed E-state index contributed by atoms with van der Waals surface area (Å²) in [5, 5.41) is 11.0. The lowest BCUT2D eigenvalue weighted by atomic mass is 10.3. The molecule has 0 saturated heterocycles. The highest BCUT2D eigenvalue weighted by Crippen LogP contribution is 2.15. The van der Waals surface area contributed by atoms with Gasteiger partial charge in [0.2, 0.25) is 5.91 Å². The number of ether oxygens (including phenoxy) is 2. The Hall–Kier alpha value is -2.06. The van der Waals surface area contributed by atoms with E-state index >= 15 is 0 Å². The van der Waals surface area contributed by atoms with Crippen LogP contribution in [0.3, 0.4) is 0 Å². The predicted molar refractivity (Wildman–Crippen MR) is 67.3 cm³/mol. The molecule has 1 aromatic carbocycles. The maximum absolute atomic E-state index is 11.2. The number of hydrogen-bond acceptors (Lipinski definition) is 4. The molecular formula is C13H16N2O3. The molecule has 0 radical (unpaired) electrons. The van der Waals surface area contributed by atoms with Gasteiger partial charge in [-0.15, -0.1) is 0 Å². The van der Waals surface area contributed by atoms with E-state index in [2.05, 4.69) is 5.32 Å². The molecule has 5 heteroatoms. The second kappa shape index (κ2) is 8.09. The van der Waals surface area contributed by atoms with Gasteiger partial charge in [-0.1, -0.05) is 0 Å². The summed E-state index contributed by atoms with van der Waals surface area (Å²) >= 11 is 0. The standard InChI is InChI=1S/C13H16N2O3/c1-17-9-2-10-18-12-5-3-11(4-6-12)15-13(16)7-8-14/h3-6H,2,7,9-10H2,1H3,(H,15,16). The molecular weight excluding hydrogens is 232 g/mol. The van der Waals surface area contributed by atoms with Gasteiger partial charge in [-0.3, -0.25) is 4.79 Å². The summed E-state index contributed by atoms with van der Waals surface area (Å²) in [5.41, 5.74) is 0.652. The van der Waals surface area contributed by atoms with Crippen LogP contribution in [0.4, 0.5) is 5.69 Å². The van der Waals surface area contributed by atoms with Crippen molar-refractivity contribution in [3.63, 3.8) is 0 Å². The van der Waals surface area contributed by atoms with Crippen molar-refractivity contribution >= 4 is 11.6 Å². The summed E-state index contributed by atoms with van der Waals surface area (Å²) < 4.78 is 10.4. The topological polar surface area (TPSA) is 71.3 Å². The van der Waals surface area contributed by atoms with Crippen LogP contribution in [-0.2, 0) is 9.53 Å². The van der Waals surface area contributed by atoms with Crippen LogP contribution in [0.25, 0.3) is 0 Å². The molecule has 0 unspecified atom stereocenters. The molecule has 0 aliphatic rings. The lowest BCUT2D eigenvalue weighted by molar-refractivity contribution is -0.115. The molecule has 0 aliphatic carbocycles. The average Bonchev–Trinajstić information content (AvgIpc) is 2.37. The predicted octanol–water partition coefficient (Wildman–Crippen LogP) is 1.95. The molecule has 5 nitrogen and oxygen atoms in total. The normalized spacial score (nSPS) is 9.56. The first kappa shape index (κ1) is 14.0. The Labute approximate surface area is 106 Å². The highest BCUT2D eigenvalue weighted by Gasteiger charge is 2.01. The Morgan fingerprint density at radius 3 is 2.67 bits per heavy atom. The first-order chi connectivity index (χ1) is 8.76. The van der Waals surface area contributed by atoms with Crippen LogP contribution in [0.5, 0.6) is 5.75 Å². The number of nitrogens with one attached hydrogen (secondary N) is 1. The number of benzene rings is 1. The van der Waals surface area contributed by atoms with Gasteiger partial charge < -0.3 is 14.8 Å². The smallest absolute Gasteiger partial charge is 0.238 e. The van der Waals surface area contributed by atoms with E-state index < -0.39 is 0 Å². The van der Waals surface area contributed by atoms with Gasteiger partial charge in [0.1, 0.15) is 12.2 Å². The van der Waals surface area contributed by atoms with Crippen LogP contribution < -0.4 is 10.1 Å². The van der Waals surface area contributed by atoms with E-state index in [0.717, 1.165) is 12.2 Å². The molecule has 0 saturated carbocycles. The summed E-state index contributed by atoms with van der Waals surface area (Å²) in [4.78, 5) is 11.2. The van der Waals surface area contributed by atoms with E-state index in [1.54, 1.807) is 37.4 Å². The molecule has 0 aliphatic heterocycles. The van der Waals surface area contributed by atoms with E-state index in [-0.39, 0.29) is 12.3 Å². The van der Waals surface area contributed by atoms with Crippen molar-refractivity contribution in [2.45, 2.75) is 12.8 Å². The van der Waals surface area contributed by atoms with Crippen molar-refractivity contribution in [3.8, 4) is 11.8 Å². The summed E-state index contributed by atoms with van der Waals surface area (Å²) in [6.07, 6.45) is 0.687. The van der Waals surface area contributed by atoms with Crippen molar-refractivity contribution in [1.29, 1.82) is 5.26 Å². The number of anilines is 1. The number of rotatable bonds is 7. The second-order valence-corrected chi connectivity index (χ2v) is 3.60. The first-order valence-corrected chi connectivity index (χ1v) is 5.65. The third kappa shape index (κ3) is 5.32. The number of amides is 1. The van der Waals surface area contributed by atoms with Gasteiger partial charge in [0.15, 0.2) is 0 Å². The molecule has 0 aromatic heterocycles. The van der Waals surface area contributed by atoms with Crippen LogP contribution in [0, 0.1) is 11.3 Å². The minimum absolute atomic E-state index is 0.144. The number of nitrogens with zero attached hydrogens (tertiary/aromatic N) is 1. The molecule has 1 N–H and O–H groups in total. The van der Waals surface area contributed by atoms with Crippen LogP contribution in [0.1, 0.15) is 12.8 Å². The van der Waals surface area contributed by atoms with Gasteiger partial charge in [-0.2, -0.15) is 5.26 Å². The number of methoxy groups -OCH3 is 1. The van der Waals surface area contributed by atoms with Crippen molar-refractivity contribution in [2.24, 2.45) is 0 Å². The van der Waals surface area contributed by atoms with E-state index in [4.69, 9.17) is 14.7 Å². The lowest BCUT2D eigenvalue weighted by Crippen LogP contribution is -2.09. The molecule has 1 amide bonds. The number of hydrogen-bond donors (Lipinski definition) is 1. The third-order valence-electron chi connectivity index (χ3n) is 2.14. The number of carbonyl (C=O) groups excluding carboxylic acids is 1. The molecule has 1 rings (SSSR count). The summed E-state index contributed by atoms with van der Waals surface area (Å²) in [6, 6.07) is 8.81. The molecule has 0 bridgehead atoms. The number of carbonyl (C=O) groups is 1. The molecule has 1 aromatic rings. The molecule has 96 valence electrons. The molecule has 18 heavy (non-hydrogen) atoms. The largest absolute Gasteiger partial charge is 0.494 e. The first-order valence-electron chi connectivity index (χ1n) is 5.65. The Morgan fingerprint density at radius 1 is 1.33 bits per heavy atom. The quantitative estimate of drug-likeness (QED) is 0.749. The minimum Gasteiger partial charge on any atom is -0.494 e. The van der Waals surface area contributed by atoms with Gasteiger partial charge in [0.25, 0.3) is 0 Å². The summed E-state index contributed by atoms with van der Waals surface area (Å²) in [7, 11) is 1.65. The van der Waals surface area contributed by atoms with Gasteiger partial charge in [-0.05, 0) is 24.3 Å². The summed E-state index contributed by atoms with van der Waals surface area (Å²) in [6.45, 7) is 1.26. The fourth-order valence-corrected chi connectivity index (χ4v) is 1.30. The number of nitriles is 1. The molecule has 0 heterocycles. The van der Waals surface area contributed by atoms with Gasteiger partial charge in [0.05, 0.1) is 12.7 Å². The van der Waals surface area contributed by atoms with Crippen molar-refractivity contribution < 1.29 is 14.3 Å². The Balaban J connectivity index is 2.38. The van der Waals surface area contributed by atoms with Crippen LogP contribution >= 0.6 is 0 Å². The highest BCUT2D eigenvalue weighted by molar-refractivity contribution is 5.92. The van der Waals surface area contributed by atoms with Gasteiger partial charge in [-0.25, -0.2) is 0 Å². The van der Waals surface area contributed by atoms with Crippen molar-refractivity contribution in [2.75, 3.05) is 25.6 Å². The SMILES string of the molecule is COCCCOc1ccc(NC(=O)CC#N)cc1. The van der Waals surface area contributed by atoms with E-state index in [1.807, 2.05) is 0 Å². The Kier molecular flexibility index (Phi) is 6.30. The second-order valence-electron chi connectivity index (χ2n) is 3.60. The van der Waals surface area contributed by atoms with Crippen molar-refractivity contribution in [3.05, 3.63) is 24.3 Å². The van der Waals surface area contributed by atoms with E-state index in [1.165, 1.54) is 0 Å². The third-order valence-corrected chi connectivity index (χ3v) is 2.14. The zero-order valence-corrected chi connectivity index (χ0v) is 10.3. The van der Waals surface area contributed by atoms with Crippen LogP contribution in [0.15, 0.2) is 24.3 Å². The Bertz CT molecular complexity index is 409. The molecule has 0 spiro atoms. The van der Waals surface area contributed by atoms with Gasteiger partial charge >= 0.3 is 0 Å². The zero-order chi connectivity index (χ0) is 13.2. The van der Waals surface area contributed by atoms with Gasteiger partial charge in [0, 0.05) is 25.8 Å². The van der Waals surface area contributed by atoms with Crippen molar-refractivity contribution in [1.82, 2.24) is 0 Å². The maximum atomic E-state index is 11.2. The zero-order valence-electron chi connectivity index (χ0n) is 10.3. The van der Waals surface area contributed by atoms with Crippen LogP contribution in [0.2, 0.25) is 0 Å². The average molecular weight is 248 g/mol. The lowest BCUT2D eigenvalue weighted by Gasteiger charge is -2.07. The molecule has 0 atom stereocenters. The van der Waals surface area contributed by atoms with E-state index in [0.29, 0.717) is 18.9 Å². The monoisotopic (exact) mass is 248 g/mol. The molecule has 0 fully saturated rings.